The van der Waals surface area contributed by atoms with Crippen LogP contribution in [-0.4, -0.2) is 63.9 Å². The van der Waals surface area contributed by atoms with Crippen LogP contribution in [0.15, 0.2) is 60.2 Å². The summed E-state index contributed by atoms with van der Waals surface area (Å²) in [5.74, 6) is 0.378. The quantitative estimate of drug-likeness (QED) is 0.424. The van der Waals surface area contributed by atoms with Crippen molar-refractivity contribution < 1.29 is 24.2 Å². The van der Waals surface area contributed by atoms with Gasteiger partial charge in [-0.15, -0.1) is 0 Å². The van der Waals surface area contributed by atoms with Crippen LogP contribution in [0.1, 0.15) is 74.2 Å². The Labute approximate surface area is 236 Å². The summed E-state index contributed by atoms with van der Waals surface area (Å²) in [6.45, 7) is 4.92. The largest absolute Gasteiger partial charge is 0.478 e. The number of aromatic carboxylic acids is 1. The number of nitrogens with zero attached hydrogens (tertiary/aromatic N) is 2. The van der Waals surface area contributed by atoms with Gasteiger partial charge in [-0.25, -0.2) is 4.79 Å². The zero-order valence-electron chi connectivity index (χ0n) is 23.2. The molecule has 2 aromatic rings. The molecule has 2 amide bonds. The number of nitrogens with one attached hydrogen (secondary N) is 1. The number of allylic oxidation sites excluding steroid dienone is 1. The number of carbonyl (C=O) groups excluding carboxylic acids is 2. The van der Waals surface area contributed by atoms with E-state index in [2.05, 4.69) is 23.2 Å². The average molecular weight is 546 g/mol. The smallest absolute Gasteiger partial charge is 0.335 e. The van der Waals surface area contributed by atoms with E-state index in [4.69, 9.17) is 9.84 Å². The third-order valence-electron chi connectivity index (χ3n) is 8.46. The number of piperazine rings is 1. The fraction of sp³-hybridized carbons (Fsp3) is 0.469. The summed E-state index contributed by atoms with van der Waals surface area (Å²) in [5.41, 5.74) is 1.91. The minimum Gasteiger partial charge on any atom is -0.478 e. The van der Waals surface area contributed by atoms with Gasteiger partial charge in [-0.05, 0) is 93.3 Å². The Bertz CT molecular complexity index is 1250. The molecule has 212 valence electrons. The molecule has 40 heavy (non-hydrogen) atoms. The van der Waals surface area contributed by atoms with Crippen molar-refractivity contribution in [2.45, 2.75) is 76.4 Å². The lowest BCUT2D eigenvalue weighted by atomic mass is 9.80. The van der Waals surface area contributed by atoms with Gasteiger partial charge < -0.3 is 20.1 Å². The van der Waals surface area contributed by atoms with E-state index in [9.17, 15) is 14.4 Å². The molecule has 2 fully saturated rings. The molecule has 0 bridgehead atoms. The van der Waals surface area contributed by atoms with Crippen LogP contribution in [0.25, 0.3) is 0 Å². The van der Waals surface area contributed by atoms with Crippen molar-refractivity contribution in [3.05, 3.63) is 71.3 Å². The van der Waals surface area contributed by atoms with Crippen molar-refractivity contribution in [1.82, 2.24) is 15.1 Å². The molecule has 2 saturated heterocycles. The van der Waals surface area contributed by atoms with Crippen LogP contribution in [0.2, 0.25) is 0 Å². The van der Waals surface area contributed by atoms with E-state index in [0.29, 0.717) is 37.3 Å². The van der Waals surface area contributed by atoms with Crippen LogP contribution in [0.4, 0.5) is 0 Å². The number of carboxylic acids is 1. The molecule has 0 aromatic heterocycles. The summed E-state index contributed by atoms with van der Waals surface area (Å²) in [6, 6.07) is 13.7. The first kappa shape index (κ1) is 27.9. The predicted octanol–water partition coefficient (Wildman–Crippen LogP) is 5.14. The number of carbonyl (C=O) groups is 3. The molecule has 5 rings (SSSR count). The number of rotatable bonds is 9. The lowest BCUT2D eigenvalue weighted by Crippen LogP contribution is -2.72. The highest BCUT2D eigenvalue weighted by atomic mass is 16.5. The maximum Gasteiger partial charge on any atom is 0.335 e. The Kier molecular flexibility index (Phi) is 8.54. The number of likely N-dealkylation sites (tertiary alicyclic amines) is 1. The van der Waals surface area contributed by atoms with E-state index in [1.54, 1.807) is 12.1 Å². The van der Waals surface area contributed by atoms with Crippen LogP contribution >= 0.6 is 0 Å². The first-order valence-electron chi connectivity index (χ1n) is 14.5. The summed E-state index contributed by atoms with van der Waals surface area (Å²) in [7, 11) is 0. The highest BCUT2D eigenvalue weighted by molar-refractivity contribution is 6.00. The van der Waals surface area contributed by atoms with E-state index in [-0.39, 0.29) is 17.4 Å². The van der Waals surface area contributed by atoms with Crippen LogP contribution in [0.5, 0.6) is 11.5 Å². The van der Waals surface area contributed by atoms with E-state index >= 15 is 0 Å². The van der Waals surface area contributed by atoms with E-state index < -0.39 is 17.6 Å². The Morgan fingerprint density at radius 1 is 1.02 bits per heavy atom. The molecule has 1 unspecified atom stereocenters. The zero-order chi connectivity index (χ0) is 28.1. The normalized spacial score (nSPS) is 21.2. The molecule has 1 aliphatic carbocycles. The number of carboxylic acid groups (broad SMARTS) is 1. The monoisotopic (exact) mass is 545 g/mol. The maximum atomic E-state index is 13.6. The molecule has 8 nitrogen and oxygen atoms in total. The topological polar surface area (TPSA) is 99.2 Å². The Balaban J connectivity index is 1.18. The van der Waals surface area contributed by atoms with E-state index in [0.717, 1.165) is 50.9 Å². The molecule has 1 spiro atoms. The second-order valence-electron chi connectivity index (χ2n) is 11.2. The molecule has 8 heteroatoms. The van der Waals surface area contributed by atoms with Crippen molar-refractivity contribution >= 4 is 17.8 Å². The van der Waals surface area contributed by atoms with Crippen LogP contribution in [0, 0.1) is 0 Å². The van der Waals surface area contributed by atoms with Crippen molar-refractivity contribution in [2.75, 3.05) is 19.6 Å². The number of benzene rings is 2. The van der Waals surface area contributed by atoms with E-state index in [1.165, 1.54) is 24.1 Å². The van der Waals surface area contributed by atoms with Crippen LogP contribution in [-0.2, 0) is 16.1 Å². The number of hydrogen-bond acceptors (Lipinski definition) is 5. The molecule has 0 radical (unpaired) electrons. The van der Waals surface area contributed by atoms with Crippen LogP contribution in [0.3, 0.4) is 0 Å². The third kappa shape index (κ3) is 6.07. The lowest BCUT2D eigenvalue weighted by Gasteiger charge is -2.51. The second kappa shape index (κ2) is 12.3. The Hall–Kier alpha value is -3.65. The first-order chi connectivity index (χ1) is 19.4. The fourth-order valence-corrected chi connectivity index (χ4v) is 6.22. The molecule has 2 heterocycles. The van der Waals surface area contributed by atoms with Gasteiger partial charge in [0, 0.05) is 26.2 Å². The standard InChI is InChI=1S/C32H39N3O5/c1-2-18-35-29(36)28(21-23-6-4-3-5-7-23)33-31(39)32(35)16-19-34(20-17-32)22-24-8-12-26(13-9-24)40-27-14-10-25(11-15-27)30(37)38/h6,8-15,28H,2-5,7,16-22H2,1H3,(H,33,39)(H,37,38). The second-order valence-corrected chi connectivity index (χ2v) is 11.2. The maximum absolute atomic E-state index is 13.6. The van der Waals surface area contributed by atoms with Gasteiger partial charge >= 0.3 is 5.97 Å². The summed E-state index contributed by atoms with van der Waals surface area (Å²) in [5, 5.41) is 12.2. The molecular weight excluding hydrogens is 506 g/mol. The molecule has 3 aliphatic rings. The van der Waals surface area contributed by atoms with E-state index in [1.807, 2.05) is 29.2 Å². The summed E-state index contributed by atoms with van der Waals surface area (Å²) in [6.07, 6.45) is 9.46. The van der Waals surface area contributed by atoms with Gasteiger partial charge in [0.15, 0.2) is 0 Å². The van der Waals surface area contributed by atoms with Gasteiger partial charge in [0.2, 0.25) is 11.8 Å². The highest BCUT2D eigenvalue weighted by Crippen LogP contribution is 2.35. The third-order valence-corrected chi connectivity index (χ3v) is 8.46. The highest BCUT2D eigenvalue weighted by Gasteiger charge is 2.53. The van der Waals surface area contributed by atoms with Crippen LogP contribution < -0.4 is 10.1 Å². The SMILES string of the molecule is CCCN1C(=O)C(CC2=CCCCC2)NC(=O)C12CCN(Cc1ccc(Oc3ccc(C(=O)O)cc3)cc1)CC2. The molecule has 2 N–H and O–H groups in total. The minimum atomic E-state index is -0.968. The van der Waals surface area contributed by atoms with Crippen molar-refractivity contribution in [1.29, 1.82) is 0 Å². The molecule has 2 aliphatic heterocycles. The predicted molar refractivity (Wildman–Crippen MR) is 152 cm³/mol. The average Bonchev–Trinajstić information content (AvgIpc) is 2.97. The summed E-state index contributed by atoms with van der Waals surface area (Å²) >= 11 is 0. The first-order valence-corrected chi connectivity index (χ1v) is 14.5. The Morgan fingerprint density at radius 3 is 2.30 bits per heavy atom. The van der Waals surface area contributed by atoms with Crippen molar-refractivity contribution in [3.8, 4) is 11.5 Å². The molecule has 0 saturated carbocycles. The zero-order valence-corrected chi connectivity index (χ0v) is 23.2. The minimum absolute atomic E-state index is 0.0134. The number of hydrogen-bond donors (Lipinski definition) is 2. The summed E-state index contributed by atoms with van der Waals surface area (Å²) in [4.78, 5) is 42.5. The van der Waals surface area contributed by atoms with Gasteiger partial charge in [-0.2, -0.15) is 0 Å². The summed E-state index contributed by atoms with van der Waals surface area (Å²) < 4.78 is 5.85. The molecule has 1 atom stereocenters. The fourth-order valence-electron chi connectivity index (χ4n) is 6.22. The van der Waals surface area contributed by atoms with Gasteiger partial charge in [-0.1, -0.05) is 30.7 Å². The van der Waals surface area contributed by atoms with Gasteiger partial charge in [-0.3, -0.25) is 14.5 Å². The van der Waals surface area contributed by atoms with Crippen molar-refractivity contribution in [3.63, 3.8) is 0 Å². The number of ether oxygens (including phenoxy) is 1. The Morgan fingerprint density at radius 2 is 1.70 bits per heavy atom. The van der Waals surface area contributed by atoms with Gasteiger partial charge in [0.25, 0.3) is 0 Å². The molecule has 2 aromatic carbocycles. The number of amides is 2. The number of piperidine rings is 1. The lowest BCUT2D eigenvalue weighted by molar-refractivity contribution is -0.161. The van der Waals surface area contributed by atoms with Gasteiger partial charge in [0.05, 0.1) is 5.56 Å². The van der Waals surface area contributed by atoms with Crippen molar-refractivity contribution in [2.24, 2.45) is 0 Å². The van der Waals surface area contributed by atoms with Gasteiger partial charge in [0.1, 0.15) is 23.1 Å². The molecular formula is C32H39N3O5.